The first-order valence-electron chi connectivity index (χ1n) is 13.8. The number of imidazole rings is 1. The molecule has 0 bridgehead atoms. The van der Waals surface area contributed by atoms with E-state index in [1.54, 1.807) is 37.0 Å². The number of hydrogen-bond acceptors (Lipinski definition) is 6. The minimum absolute atomic E-state index is 0.0299. The van der Waals surface area contributed by atoms with Gasteiger partial charge in [0.2, 0.25) is 5.91 Å². The molecule has 214 valence electrons. The summed E-state index contributed by atoms with van der Waals surface area (Å²) in [4.78, 5) is 39.4. The predicted molar refractivity (Wildman–Crippen MR) is 142 cm³/mol. The highest BCUT2D eigenvalue weighted by molar-refractivity contribution is 5.86. The number of hydrogen-bond donors (Lipinski definition) is 2. The number of amides is 2. The van der Waals surface area contributed by atoms with Gasteiger partial charge in [-0.15, -0.1) is 0 Å². The standard InChI is InChI=1S/C28H39FN4O6/c1-28(2,3)39-27(37)32-11-10-22(19(29)14-32)38-15-16-12-17(13-16)18-6-5-7-20-24(18)31(4)26(36)33(20)21-8-9-23(34)30-25(21)35/h5-7,16-17,19,21-23,34H,8-15H2,1-4H3,(H,30,35)/t16?,17?,19-,21?,22-,23?/m0/s1. The molecule has 11 heteroatoms. The van der Waals surface area contributed by atoms with Crippen LogP contribution < -0.4 is 11.0 Å². The maximum atomic E-state index is 14.8. The molecule has 5 rings (SSSR count). The highest BCUT2D eigenvalue weighted by atomic mass is 19.1. The van der Waals surface area contributed by atoms with Crippen molar-refractivity contribution in [1.82, 2.24) is 19.4 Å². The number of likely N-dealkylation sites (tertiary alicyclic amines) is 1. The van der Waals surface area contributed by atoms with E-state index in [9.17, 15) is 23.9 Å². The van der Waals surface area contributed by atoms with Gasteiger partial charge in [0.05, 0.1) is 23.7 Å². The Morgan fingerprint density at radius 3 is 2.59 bits per heavy atom. The molecular weight excluding hydrogens is 507 g/mol. The Kier molecular flexibility index (Phi) is 7.49. The lowest BCUT2D eigenvalue weighted by Crippen LogP contribution is -2.50. The number of carbonyl (C=O) groups is 2. The van der Waals surface area contributed by atoms with Crippen molar-refractivity contribution in [3.63, 3.8) is 0 Å². The molecule has 2 amide bonds. The molecule has 1 aliphatic carbocycles. The zero-order chi connectivity index (χ0) is 28.1. The zero-order valence-electron chi connectivity index (χ0n) is 23.1. The Labute approximate surface area is 227 Å². The fourth-order valence-corrected chi connectivity index (χ4v) is 6.07. The van der Waals surface area contributed by atoms with Gasteiger partial charge in [0.15, 0.2) is 0 Å². The normalized spacial score (nSPS) is 29.7. The van der Waals surface area contributed by atoms with Crippen molar-refractivity contribution in [2.45, 2.75) is 88.9 Å². The maximum Gasteiger partial charge on any atom is 0.410 e. The zero-order valence-corrected chi connectivity index (χ0v) is 23.1. The van der Waals surface area contributed by atoms with Crippen LogP contribution in [0.5, 0.6) is 0 Å². The lowest BCUT2D eigenvalue weighted by molar-refractivity contribution is -0.130. The molecule has 1 aromatic carbocycles. The fraction of sp³-hybridized carbons (Fsp3) is 0.679. The number of para-hydroxylation sites is 1. The van der Waals surface area contributed by atoms with E-state index in [-0.39, 0.29) is 30.0 Å². The summed E-state index contributed by atoms with van der Waals surface area (Å²) in [7, 11) is 1.73. The number of nitrogens with zero attached hydrogens (tertiary/aromatic N) is 3. The minimum atomic E-state index is -1.26. The topological polar surface area (TPSA) is 115 Å². The van der Waals surface area contributed by atoms with Crippen LogP contribution in [0, 0.1) is 5.92 Å². The van der Waals surface area contributed by atoms with Crippen molar-refractivity contribution in [2.75, 3.05) is 19.7 Å². The van der Waals surface area contributed by atoms with Gasteiger partial charge in [-0.2, -0.15) is 0 Å². The molecule has 10 nitrogen and oxygen atoms in total. The smallest absolute Gasteiger partial charge is 0.410 e. The minimum Gasteiger partial charge on any atom is -0.444 e. The molecule has 1 aromatic heterocycles. The summed E-state index contributed by atoms with van der Waals surface area (Å²) in [6.07, 6.45) is -0.237. The van der Waals surface area contributed by atoms with Crippen molar-refractivity contribution < 1.29 is 28.6 Å². The molecule has 3 fully saturated rings. The molecule has 2 unspecified atom stereocenters. The van der Waals surface area contributed by atoms with E-state index in [0.717, 1.165) is 23.9 Å². The van der Waals surface area contributed by atoms with E-state index >= 15 is 0 Å². The number of aromatic nitrogens is 2. The summed E-state index contributed by atoms with van der Waals surface area (Å²) < 4.78 is 29.3. The Morgan fingerprint density at radius 1 is 1.18 bits per heavy atom. The van der Waals surface area contributed by atoms with Crippen molar-refractivity contribution in [3.8, 4) is 0 Å². The highest BCUT2D eigenvalue weighted by Gasteiger charge is 2.38. The lowest BCUT2D eigenvalue weighted by atomic mass is 9.71. The third kappa shape index (κ3) is 5.56. The van der Waals surface area contributed by atoms with Crippen LogP contribution in [0.15, 0.2) is 23.0 Å². The van der Waals surface area contributed by atoms with Gasteiger partial charge in [0.1, 0.15) is 24.0 Å². The quantitative estimate of drug-likeness (QED) is 0.596. The van der Waals surface area contributed by atoms with Crippen molar-refractivity contribution in [1.29, 1.82) is 0 Å². The predicted octanol–water partition coefficient (Wildman–Crippen LogP) is 2.97. The Balaban J connectivity index is 1.19. The molecule has 0 spiro atoms. The molecule has 1 saturated carbocycles. The Hall–Kier alpha value is -2.92. The number of alkyl halides is 1. The van der Waals surface area contributed by atoms with Crippen LogP contribution in [0.2, 0.25) is 0 Å². The first kappa shape index (κ1) is 27.6. The summed E-state index contributed by atoms with van der Waals surface area (Å²) in [5.74, 6) is 0.171. The van der Waals surface area contributed by atoms with E-state index in [1.165, 1.54) is 4.90 Å². The second-order valence-electron chi connectivity index (χ2n) is 12.2. The summed E-state index contributed by atoms with van der Waals surface area (Å²) in [5.41, 5.74) is 1.73. The molecule has 2 aliphatic heterocycles. The van der Waals surface area contributed by atoms with Crippen LogP contribution in [0.25, 0.3) is 11.0 Å². The number of aliphatic hydroxyl groups is 1. The number of ether oxygens (including phenoxy) is 2. The molecule has 3 heterocycles. The van der Waals surface area contributed by atoms with Crippen LogP contribution in [0.4, 0.5) is 9.18 Å². The second kappa shape index (κ2) is 10.6. The van der Waals surface area contributed by atoms with Gasteiger partial charge >= 0.3 is 11.8 Å². The number of rotatable bonds is 5. The van der Waals surface area contributed by atoms with Crippen LogP contribution in [0.3, 0.4) is 0 Å². The van der Waals surface area contributed by atoms with Crippen molar-refractivity contribution in [3.05, 3.63) is 34.2 Å². The number of aryl methyl sites for hydroxylation is 1. The number of piperidine rings is 2. The maximum absolute atomic E-state index is 14.8. The number of aliphatic hydroxyl groups excluding tert-OH is 1. The largest absolute Gasteiger partial charge is 0.444 e. The first-order valence-corrected chi connectivity index (χ1v) is 13.8. The molecule has 2 N–H and O–H groups in total. The number of nitrogens with one attached hydrogen (secondary N) is 1. The van der Waals surface area contributed by atoms with E-state index in [2.05, 4.69) is 5.32 Å². The van der Waals surface area contributed by atoms with Gasteiger partial charge in [-0.1, -0.05) is 12.1 Å². The van der Waals surface area contributed by atoms with Crippen LogP contribution in [-0.2, 0) is 21.3 Å². The van der Waals surface area contributed by atoms with Crippen molar-refractivity contribution in [2.24, 2.45) is 13.0 Å². The molecule has 4 atom stereocenters. The monoisotopic (exact) mass is 546 g/mol. The van der Waals surface area contributed by atoms with E-state index in [1.807, 2.05) is 18.2 Å². The molecule has 0 radical (unpaired) electrons. The number of benzene rings is 1. The fourth-order valence-electron chi connectivity index (χ4n) is 6.07. The average Bonchev–Trinajstić information content (AvgIpc) is 3.08. The lowest BCUT2D eigenvalue weighted by Gasteiger charge is -2.39. The van der Waals surface area contributed by atoms with Crippen LogP contribution in [-0.4, -0.2) is 74.9 Å². The summed E-state index contributed by atoms with van der Waals surface area (Å²) in [6.45, 7) is 6.19. The highest BCUT2D eigenvalue weighted by Crippen LogP contribution is 2.44. The number of halogens is 1. The van der Waals surface area contributed by atoms with Gasteiger partial charge in [-0.3, -0.25) is 13.9 Å². The van der Waals surface area contributed by atoms with Gasteiger partial charge < -0.3 is 24.8 Å². The number of carbonyl (C=O) groups excluding carboxylic acids is 2. The molecule has 2 aromatic rings. The van der Waals surface area contributed by atoms with Crippen LogP contribution in [0.1, 0.15) is 70.4 Å². The van der Waals surface area contributed by atoms with E-state index in [0.29, 0.717) is 37.9 Å². The molecule has 2 saturated heterocycles. The average molecular weight is 547 g/mol. The summed E-state index contributed by atoms with van der Waals surface area (Å²) in [5, 5.41) is 12.3. The van der Waals surface area contributed by atoms with Crippen LogP contribution >= 0.6 is 0 Å². The summed E-state index contributed by atoms with van der Waals surface area (Å²) >= 11 is 0. The third-order valence-corrected chi connectivity index (χ3v) is 8.13. The van der Waals surface area contributed by atoms with Gasteiger partial charge in [0, 0.05) is 20.2 Å². The van der Waals surface area contributed by atoms with E-state index in [4.69, 9.17) is 9.47 Å². The Morgan fingerprint density at radius 2 is 1.92 bits per heavy atom. The van der Waals surface area contributed by atoms with Crippen molar-refractivity contribution >= 4 is 23.0 Å². The number of fused-ring (bicyclic) bond motifs is 1. The molecular formula is C28H39FN4O6. The molecule has 39 heavy (non-hydrogen) atoms. The van der Waals surface area contributed by atoms with E-state index < -0.39 is 36.2 Å². The van der Waals surface area contributed by atoms with Gasteiger partial charge in [-0.05, 0) is 76.3 Å². The first-order chi connectivity index (χ1) is 18.4. The second-order valence-corrected chi connectivity index (χ2v) is 12.2. The SMILES string of the molecule is Cn1c(=O)n(C2CCC(O)NC2=O)c2cccc(C3CC(CO[C@H]4CCN(C(=O)OC(C)(C)C)C[C@@H]4F)C3)c21. The van der Waals surface area contributed by atoms with Gasteiger partial charge in [-0.25, -0.2) is 14.0 Å². The third-order valence-electron chi connectivity index (χ3n) is 8.13. The molecule has 3 aliphatic rings. The Bertz CT molecular complexity index is 1290. The van der Waals surface area contributed by atoms with Gasteiger partial charge in [0.25, 0.3) is 0 Å². The summed E-state index contributed by atoms with van der Waals surface area (Å²) in [6, 6.07) is 5.16.